The Hall–Kier alpha value is -1.07. The maximum atomic E-state index is 12.2. The first-order valence-electron chi connectivity index (χ1n) is 6.06. The molecule has 1 aromatic rings. The molecule has 0 fully saturated rings. The summed E-state index contributed by atoms with van der Waals surface area (Å²) in [4.78, 5) is 12.8. The van der Waals surface area contributed by atoms with Crippen LogP contribution in [0.25, 0.3) is 0 Å². The van der Waals surface area contributed by atoms with Crippen molar-refractivity contribution in [2.45, 2.75) is 32.7 Å². The third kappa shape index (κ3) is 3.71. The van der Waals surface area contributed by atoms with Crippen LogP contribution in [-0.4, -0.2) is 25.1 Å². The Morgan fingerprint density at radius 1 is 1.61 bits per heavy atom. The average molecular weight is 270 g/mol. The molecule has 3 N–H and O–H groups in total. The van der Waals surface area contributed by atoms with Gasteiger partial charge in [-0.2, -0.15) is 0 Å². The highest BCUT2D eigenvalue weighted by Gasteiger charge is 2.27. The van der Waals surface area contributed by atoms with Crippen molar-refractivity contribution < 1.29 is 9.53 Å². The minimum Gasteiger partial charge on any atom is -0.495 e. The van der Waals surface area contributed by atoms with E-state index < -0.39 is 0 Å². The van der Waals surface area contributed by atoms with Gasteiger partial charge in [0.15, 0.2) is 0 Å². The molecule has 0 aliphatic carbocycles. The fourth-order valence-corrected chi connectivity index (χ4v) is 2.79. The monoisotopic (exact) mass is 270 g/mol. The number of nitrogens with two attached hydrogens (primary N) is 1. The summed E-state index contributed by atoms with van der Waals surface area (Å²) in [5.74, 6) is 0.973. The maximum Gasteiger partial charge on any atom is 0.265 e. The molecule has 18 heavy (non-hydrogen) atoms. The van der Waals surface area contributed by atoms with Crippen molar-refractivity contribution in [2.24, 2.45) is 11.7 Å². The molecule has 1 heterocycles. The number of carbonyl (C=O) groups is 1. The molecule has 1 aromatic heterocycles. The third-order valence-corrected chi connectivity index (χ3v) is 3.67. The van der Waals surface area contributed by atoms with Crippen LogP contribution in [0.2, 0.25) is 0 Å². The van der Waals surface area contributed by atoms with Gasteiger partial charge in [0, 0.05) is 6.54 Å². The van der Waals surface area contributed by atoms with Gasteiger partial charge in [-0.3, -0.25) is 4.79 Å². The largest absolute Gasteiger partial charge is 0.495 e. The van der Waals surface area contributed by atoms with Crippen molar-refractivity contribution in [2.75, 3.05) is 13.7 Å². The van der Waals surface area contributed by atoms with Crippen molar-refractivity contribution >= 4 is 17.2 Å². The van der Waals surface area contributed by atoms with Crippen molar-refractivity contribution in [3.8, 4) is 5.75 Å². The Morgan fingerprint density at radius 2 is 2.28 bits per heavy atom. The van der Waals surface area contributed by atoms with E-state index in [1.54, 1.807) is 13.2 Å². The zero-order valence-electron chi connectivity index (χ0n) is 11.4. The van der Waals surface area contributed by atoms with Crippen LogP contribution in [0.3, 0.4) is 0 Å². The van der Waals surface area contributed by atoms with E-state index in [1.165, 1.54) is 11.3 Å². The number of nitrogens with one attached hydrogen (secondary N) is 1. The predicted octanol–water partition coefficient (Wildman–Crippen LogP) is 2.25. The molecule has 0 spiro atoms. The highest BCUT2D eigenvalue weighted by atomic mass is 32.1. The summed E-state index contributed by atoms with van der Waals surface area (Å²) in [7, 11) is 1.56. The molecule has 0 aromatic carbocycles. The molecule has 1 unspecified atom stereocenters. The van der Waals surface area contributed by atoms with E-state index in [0.29, 0.717) is 23.1 Å². The van der Waals surface area contributed by atoms with E-state index in [0.717, 1.165) is 6.42 Å². The minimum atomic E-state index is -0.375. The zero-order valence-corrected chi connectivity index (χ0v) is 12.3. The number of amides is 1. The maximum absolute atomic E-state index is 12.2. The van der Waals surface area contributed by atoms with E-state index in [-0.39, 0.29) is 11.4 Å². The number of ether oxygens (including phenoxy) is 1. The topological polar surface area (TPSA) is 64.3 Å². The van der Waals surface area contributed by atoms with Crippen LogP contribution >= 0.6 is 11.3 Å². The molecule has 5 heteroatoms. The summed E-state index contributed by atoms with van der Waals surface area (Å²) in [5, 5.41) is 4.86. The SMILES string of the molecule is COc1ccsc1C(=O)NC(C)(CN)CC(C)C. The van der Waals surface area contributed by atoms with Crippen LogP contribution in [0, 0.1) is 5.92 Å². The Labute approximate surface area is 113 Å². The van der Waals surface area contributed by atoms with Crippen molar-refractivity contribution in [1.82, 2.24) is 5.32 Å². The van der Waals surface area contributed by atoms with Gasteiger partial charge >= 0.3 is 0 Å². The van der Waals surface area contributed by atoms with Crippen LogP contribution < -0.4 is 15.8 Å². The molecule has 1 rings (SSSR count). The highest BCUT2D eigenvalue weighted by Crippen LogP contribution is 2.25. The van der Waals surface area contributed by atoms with E-state index >= 15 is 0 Å². The second kappa shape index (κ2) is 6.20. The first kappa shape index (κ1) is 15.0. The Balaban J connectivity index is 2.79. The van der Waals surface area contributed by atoms with Crippen molar-refractivity contribution in [1.29, 1.82) is 0 Å². The number of rotatable bonds is 6. The van der Waals surface area contributed by atoms with Crippen LogP contribution in [0.15, 0.2) is 11.4 Å². The smallest absolute Gasteiger partial charge is 0.265 e. The van der Waals surface area contributed by atoms with Gasteiger partial charge in [-0.1, -0.05) is 13.8 Å². The van der Waals surface area contributed by atoms with Crippen LogP contribution in [0.1, 0.15) is 36.9 Å². The molecule has 0 saturated carbocycles. The second-order valence-electron chi connectivity index (χ2n) is 5.13. The Morgan fingerprint density at radius 3 is 2.78 bits per heavy atom. The Bertz CT molecular complexity index is 403. The first-order valence-corrected chi connectivity index (χ1v) is 6.94. The van der Waals surface area contributed by atoms with Gasteiger partial charge in [0.1, 0.15) is 10.6 Å². The molecule has 0 saturated heterocycles. The van der Waals surface area contributed by atoms with Crippen LogP contribution in [-0.2, 0) is 0 Å². The fraction of sp³-hybridized carbons (Fsp3) is 0.615. The lowest BCUT2D eigenvalue weighted by atomic mass is 9.90. The Kier molecular flexibility index (Phi) is 5.16. The molecule has 4 nitrogen and oxygen atoms in total. The van der Waals surface area contributed by atoms with Crippen LogP contribution in [0.5, 0.6) is 5.75 Å². The van der Waals surface area contributed by atoms with Gasteiger partial charge in [0.05, 0.1) is 12.6 Å². The molecular formula is C13H22N2O2S. The van der Waals surface area contributed by atoms with Gasteiger partial charge in [0.2, 0.25) is 0 Å². The predicted molar refractivity (Wildman–Crippen MR) is 75.3 cm³/mol. The van der Waals surface area contributed by atoms with Gasteiger partial charge in [-0.25, -0.2) is 0 Å². The summed E-state index contributed by atoms with van der Waals surface area (Å²) in [6.45, 7) is 6.63. The summed E-state index contributed by atoms with van der Waals surface area (Å²) in [5.41, 5.74) is 5.41. The van der Waals surface area contributed by atoms with Crippen molar-refractivity contribution in [3.63, 3.8) is 0 Å². The first-order chi connectivity index (χ1) is 8.41. The number of hydrogen-bond donors (Lipinski definition) is 2. The van der Waals surface area contributed by atoms with E-state index in [9.17, 15) is 4.79 Å². The van der Waals surface area contributed by atoms with E-state index in [1.807, 2.05) is 12.3 Å². The standard InChI is InChI=1S/C13H22N2O2S/c1-9(2)7-13(3,8-14)15-12(16)11-10(17-4)5-6-18-11/h5-6,9H,7-8,14H2,1-4H3,(H,15,16). The molecule has 1 amide bonds. The minimum absolute atomic E-state index is 0.115. The van der Waals surface area contributed by atoms with E-state index in [4.69, 9.17) is 10.5 Å². The number of carbonyl (C=O) groups excluding carboxylic acids is 1. The molecule has 102 valence electrons. The van der Waals surface area contributed by atoms with Gasteiger partial charge in [-0.15, -0.1) is 11.3 Å². The zero-order chi connectivity index (χ0) is 13.8. The molecule has 0 aliphatic heterocycles. The molecule has 0 aliphatic rings. The van der Waals surface area contributed by atoms with Gasteiger partial charge < -0.3 is 15.8 Å². The third-order valence-electron chi connectivity index (χ3n) is 2.78. The summed E-state index contributed by atoms with van der Waals surface area (Å²) >= 11 is 1.37. The number of thiophene rings is 1. The molecular weight excluding hydrogens is 248 g/mol. The molecule has 1 atom stereocenters. The number of hydrogen-bond acceptors (Lipinski definition) is 4. The van der Waals surface area contributed by atoms with Gasteiger partial charge in [0.25, 0.3) is 5.91 Å². The quantitative estimate of drug-likeness (QED) is 0.833. The lowest BCUT2D eigenvalue weighted by Gasteiger charge is -2.31. The molecule has 0 radical (unpaired) electrons. The van der Waals surface area contributed by atoms with Crippen molar-refractivity contribution in [3.05, 3.63) is 16.3 Å². The molecule has 0 bridgehead atoms. The summed E-state index contributed by atoms with van der Waals surface area (Å²) in [6, 6.07) is 1.79. The van der Waals surface area contributed by atoms with E-state index in [2.05, 4.69) is 19.2 Å². The fourth-order valence-electron chi connectivity index (χ4n) is 2.04. The lowest BCUT2D eigenvalue weighted by Crippen LogP contribution is -2.52. The van der Waals surface area contributed by atoms with Crippen LogP contribution in [0.4, 0.5) is 0 Å². The summed E-state index contributed by atoms with van der Waals surface area (Å²) < 4.78 is 5.15. The lowest BCUT2D eigenvalue weighted by molar-refractivity contribution is 0.0900. The van der Waals surface area contributed by atoms with Gasteiger partial charge in [-0.05, 0) is 30.7 Å². The highest BCUT2D eigenvalue weighted by molar-refractivity contribution is 7.12. The number of methoxy groups -OCH3 is 1. The average Bonchev–Trinajstić information content (AvgIpc) is 2.75. The summed E-state index contributed by atoms with van der Waals surface area (Å²) in [6.07, 6.45) is 0.850. The second-order valence-corrected chi connectivity index (χ2v) is 6.05. The normalized spacial score (nSPS) is 14.3.